The molecule has 35 heavy (non-hydrogen) atoms. The van der Waals surface area contributed by atoms with Crippen LogP contribution in [0.4, 0.5) is 5.69 Å². The number of nitrogen functional groups attached to an aromatic ring is 1. The van der Waals surface area contributed by atoms with Gasteiger partial charge >= 0.3 is 0 Å². The van der Waals surface area contributed by atoms with Gasteiger partial charge in [-0.05, 0) is 74.6 Å². The van der Waals surface area contributed by atoms with E-state index in [4.69, 9.17) is 10.5 Å². The van der Waals surface area contributed by atoms with E-state index in [-0.39, 0.29) is 18.1 Å². The van der Waals surface area contributed by atoms with Crippen molar-refractivity contribution in [2.75, 3.05) is 5.73 Å². The Morgan fingerprint density at radius 1 is 1.14 bits per heavy atom. The molecule has 8 heteroatoms. The Morgan fingerprint density at radius 3 is 2.77 bits per heavy atom. The number of benzene rings is 2. The van der Waals surface area contributed by atoms with Crippen LogP contribution in [-0.4, -0.2) is 27.2 Å². The van der Waals surface area contributed by atoms with E-state index in [0.29, 0.717) is 17.0 Å². The van der Waals surface area contributed by atoms with Crippen LogP contribution in [0.3, 0.4) is 0 Å². The molecule has 2 aromatic carbocycles. The minimum atomic E-state index is -0.109. The number of ether oxygens (including phenoxy) is 1. The molecule has 1 amide bonds. The lowest BCUT2D eigenvalue weighted by atomic mass is 9.85. The number of nitrogens with two attached hydrogens (primary N) is 1. The zero-order valence-electron chi connectivity index (χ0n) is 19.7. The molecule has 3 N–H and O–H groups in total. The van der Waals surface area contributed by atoms with Crippen LogP contribution in [0.25, 0.3) is 21.1 Å². The lowest BCUT2D eigenvalue weighted by molar-refractivity contribution is 0.0932. The van der Waals surface area contributed by atoms with Gasteiger partial charge in [-0.1, -0.05) is 29.5 Å². The molecule has 1 atom stereocenters. The molecule has 5 rings (SSSR count). The van der Waals surface area contributed by atoms with Gasteiger partial charge in [-0.15, -0.1) is 10.2 Å². The molecule has 4 aromatic rings. The van der Waals surface area contributed by atoms with E-state index in [0.717, 1.165) is 46.0 Å². The summed E-state index contributed by atoms with van der Waals surface area (Å²) < 4.78 is 5.75. The number of amides is 1. The number of aromatic nitrogens is 3. The SMILES string of the molecule is CC(C)Oc1ccc(-c2nnc(-c3cccc4c3CCC[C@H]4NC(=O)c3cccnc3)s2)cc1N. The van der Waals surface area contributed by atoms with Gasteiger partial charge in [-0.25, -0.2) is 0 Å². The summed E-state index contributed by atoms with van der Waals surface area (Å²) in [6, 6.07) is 15.4. The van der Waals surface area contributed by atoms with Gasteiger partial charge in [0, 0.05) is 23.5 Å². The first-order valence-corrected chi connectivity index (χ1v) is 12.5. The molecule has 0 radical (unpaired) electrons. The third-order valence-electron chi connectivity index (χ3n) is 6.01. The summed E-state index contributed by atoms with van der Waals surface area (Å²) in [4.78, 5) is 16.8. The van der Waals surface area contributed by atoms with Gasteiger partial charge in [-0.2, -0.15) is 0 Å². The van der Waals surface area contributed by atoms with Gasteiger partial charge in [0.25, 0.3) is 5.91 Å². The van der Waals surface area contributed by atoms with Crippen LogP contribution in [0.2, 0.25) is 0 Å². The van der Waals surface area contributed by atoms with Gasteiger partial charge in [0.05, 0.1) is 23.4 Å². The first-order chi connectivity index (χ1) is 17.0. The number of carbonyl (C=O) groups is 1. The fraction of sp³-hybridized carbons (Fsp3) is 0.259. The zero-order chi connectivity index (χ0) is 24.4. The van der Waals surface area contributed by atoms with E-state index in [1.165, 1.54) is 16.9 Å². The maximum absolute atomic E-state index is 12.8. The molecule has 2 heterocycles. The fourth-order valence-electron chi connectivity index (χ4n) is 4.43. The molecule has 0 fully saturated rings. The van der Waals surface area contributed by atoms with Crippen molar-refractivity contribution < 1.29 is 9.53 Å². The Morgan fingerprint density at radius 2 is 2.00 bits per heavy atom. The van der Waals surface area contributed by atoms with E-state index in [2.05, 4.69) is 32.6 Å². The molecule has 1 aliphatic carbocycles. The van der Waals surface area contributed by atoms with Crippen molar-refractivity contribution in [1.82, 2.24) is 20.5 Å². The molecule has 0 spiro atoms. The van der Waals surface area contributed by atoms with E-state index in [9.17, 15) is 4.79 Å². The van der Waals surface area contributed by atoms with Crippen molar-refractivity contribution in [3.05, 3.63) is 77.6 Å². The zero-order valence-corrected chi connectivity index (χ0v) is 20.5. The highest BCUT2D eigenvalue weighted by atomic mass is 32.1. The number of nitrogens with one attached hydrogen (secondary N) is 1. The molecular weight excluding hydrogens is 458 g/mol. The standard InChI is InChI=1S/C27H27N5O2S/c1-16(2)34-24-12-11-17(14-22(24)28)26-31-32-27(35-26)21-9-3-8-20-19(21)7-4-10-23(20)30-25(33)18-6-5-13-29-15-18/h3,5-6,8-9,11-16,23H,4,7,10,28H2,1-2H3,(H,30,33)/t23-/m1/s1. The van der Waals surface area contributed by atoms with Crippen molar-refractivity contribution in [1.29, 1.82) is 0 Å². The topological polar surface area (TPSA) is 103 Å². The lowest BCUT2D eigenvalue weighted by Gasteiger charge is -2.27. The Labute approximate surface area is 208 Å². The van der Waals surface area contributed by atoms with Crippen molar-refractivity contribution in [2.24, 2.45) is 0 Å². The Balaban J connectivity index is 1.41. The monoisotopic (exact) mass is 485 g/mol. The number of hydrogen-bond donors (Lipinski definition) is 2. The molecule has 0 saturated carbocycles. The number of hydrogen-bond acceptors (Lipinski definition) is 7. The second kappa shape index (κ2) is 9.84. The number of anilines is 1. The number of rotatable bonds is 6. The quantitative estimate of drug-likeness (QED) is 0.352. The predicted octanol–water partition coefficient (Wildman–Crippen LogP) is 5.44. The van der Waals surface area contributed by atoms with Crippen LogP contribution in [-0.2, 0) is 6.42 Å². The van der Waals surface area contributed by atoms with Crippen molar-refractivity contribution in [3.63, 3.8) is 0 Å². The third-order valence-corrected chi connectivity index (χ3v) is 7.02. The van der Waals surface area contributed by atoms with Crippen LogP contribution in [0.5, 0.6) is 5.75 Å². The molecular formula is C27H27N5O2S. The predicted molar refractivity (Wildman–Crippen MR) is 138 cm³/mol. The number of fused-ring (bicyclic) bond motifs is 1. The van der Waals surface area contributed by atoms with Crippen LogP contribution in [0.1, 0.15) is 54.2 Å². The van der Waals surface area contributed by atoms with Crippen LogP contribution >= 0.6 is 11.3 Å². The largest absolute Gasteiger partial charge is 0.489 e. The summed E-state index contributed by atoms with van der Waals surface area (Å²) in [5.41, 5.74) is 11.7. The minimum absolute atomic E-state index is 0.0490. The Hall–Kier alpha value is -3.78. The van der Waals surface area contributed by atoms with E-state index >= 15 is 0 Å². The van der Waals surface area contributed by atoms with Gasteiger partial charge in [0.2, 0.25) is 0 Å². The van der Waals surface area contributed by atoms with Crippen molar-refractivity contribution in [2.45, 2.75) is 45.3 Å². The second-order valence-corrected chi connectivity index (χ2v) is 9.84. The van der Waals surface area contributed by atoms with Crippen molar-refractivity contribution >= 4 is 22.9 Å². The van der Waals surface area contributed by atoms with Gasteiger partial charge in [0.1, 0.15) is 15.8 Å². The molecule has 2 aromatic heterocycles. The maximum atomic E-state index is 12.8. The Bertz CT molecular complexity index is 1350. The highest BCUT2D eigenvalue weighted by molar-refractivity contribution is 7.17. The summed E-state index contributed by atoms with van der Waals surface area (Å²) >= 11 is 1.54. The fourth-order valence-corrected chi connectivity index (χ4v) is 5.32. The molecule has 0 saturated heterocycles. The van der Waals surface area contributed by atoms with Gasteiger partial charge < -0.3 is 15.8 Å². The first kappa shape index (κ1) is 23.0. The molecule has 0 bridgehead atoms. The Kier molecular flexibility index (Phi) is 6.46. The molecule has 0 aliphatic heterocycles. The molecule has 178 valence electrons. The summed E-state index contributed by atoms with van der Waals surface area (Å²) in [5, 5.41) is 13.8. The summed E-state index contributed by atoms with van der Waals surface area (Å²) in [5.74, 6) is 0.562. The number of pyridine rings is 1. The van der Waals surface area contributed by atoms with Gasteiger partial charge in [-0.3, -0.25) is 9.78 Å². The summed E-state index contributed by atoms with van der Waals surface area (Å²) in [7, 11) is 0. The van der Waals surface area contributed by atoms with Crippen LogP contribution in [0, 0.1) is 0 Å². The van der Waals surface area contributed by atoms with E-state index in [1.54, 1.807) is 24.5 Å². The van der Waals surface area contributed by atoms with E-state index < -0.39 is 0 Å². The minimum Gasteiger partial charge on any atom is -0.489 e. The molecule has 0 unspecified atom stereocenters. The number of nitrogens with zero attached hydrogens (tertiary/aromatic N) is 3. The second-order valence-electron chi connectivity index (χ2n) is 8.86. The average molecular weight is 486 g/mol. The van der Waals surface area contributed by atoms with Crippen LogP contribution in [0.15, 0.2) is 60.9 Å². The normalized spacial score (nSPS) is 15.0. The smallest absolute Gasteiger partial charge is 0.253 e. The van der Waals surface area contributed by atoms with Crippen LogP contribution < -0.4 is 15.8 Å². The third kappa shape index (κ3) is 4.88. The lowest BCUT2D eigenvalue weighted by Crippen LogP contribution is -2.31. The number of carbonyl (C=O) groups excluding carboxylic acids is 1. The first-order valence-electron chi connectivity index (χ1n) is 11.7. The maximum Gasteiger partial charge on any atom is 0.253 e. The average Bonchev–Trinajstić information content (AvgIpc) is 3.35. The highest BCUT2D eigenvalue weighted by Gasteiger charge is 2.25. The van der Waals surface area contributed by atoms with Gasteiger partial charge in [0.15, 0.2) is 0 Å². The van der Waals surface area contributed by atoms with Crippen molar-refractivity contribution in [3.8, 4) is 26.9 Å². The summed E-state index contributed by atoms with van der Waals surface area (Å²) in [6.45, 7) is 3.94. The highest BCUT2D eigenvalue weighted by Crippen LogP contribution is 2.39. The summed E-state index contributed by atoms with van der Waals surface area (Å²) in [6.07, 6.45) is 6.13. The molecule has 1 aliphatic rings. The molecule has 7 nitrogen and oxygen atoms in total. The van der Waals surface area contributed by atoms with E-state index in [1.807, 2.05) is 38.1 Å².